The standard InChI is InChI=1S/C13H13BrN2O3/c14-11(10-2-1-5-19-10)7-3-4-8-9(6-7)16-13(18)12(17)15-8/h3-4,6,10-11H,1-2,5H2,(H,15,17)(H,16,18). The summed E-state index contributed by atoms with van der Waals surface area (Å²) in [7, 11) is 0. The van der Waals surface area contributed by atoms with Gasteiger partial charge in [0.2, 0.25) is 0 Å². The van der Waals surface area contributed by atoms with Crippen molar-refractivity contribution in [3.8, 4) is 0 Å². The molecule has 0 bridgehead atoms. The summed E-state index contributed by atoms with van der Waals surface area (Å²) in [6.45, 7) is 0.796. The SMILES string of the molecule is O=c1[nH]c2ccc(C(Br)C3CCCO3)cc2[nH]c1=O. The van der Waals surface area contributed by atoms with Crippen molar-refractivity contribution in [1.29, 1.82) is 0 Å². The average molecular weight is 325 g/mol. The molecule has 0 radical (unpaired) electrons. The molecule has 2 atom stereocenters. The number of benzene rings is 1. The highest BCUT2D eigenvalue weighted by molar-refractivity contribution is 9.09. The number of ether oxygens (including phenoxy) is 1. The summed E-state index contributed by atoms with van der Waals surface area (Å²) < 4.78 is 5.65. The Bertz CT molecular complexity index is 716. The predicted octanol–water partition coefficient (Wildman–Crippen LogP) is 1.83. The summed E-state index contributed by atoms with van der Waals surface area (Å²) in [5, 5.41) is 0. The molecular formula is C13H13BrN2O3. The Labute approximate surface area is 117 Å². The van der Waals surface area contributed by atoms with E-state index >= 15 is 0 Å². The molecule has 0 spiro atoms. The lowest BCUT2D eigenvalue weighted by Gasteiger charge is -2.17. The third-order valence-electron chi connectivity index (χ3n) is 3.36. The van der Waals surface area contributed by atoms with E-state index in [1.165, 1.54) is 0 Å². The first-order valence-electron chi connectivity index (χ1n) is 6.17. The molecule has 1 aromatic heterocycles. The monoisotopic (exact) mass is 324 g/mol. The number of H-pyrrole nitrogens is 2. The number of rotatable bonds is 2. The van der Waals surface area contributed by atoms with Crippen LogP contribution in [0, 0.1) is 0 Å². The molecule has 1 aliphatic rings. The molecule has 3 rings (SSSR count). The van der Waals surface area contributed by atoms with Crippen LogP contribution in [0.5, 0.6) is 0 Å². The van der Waals surface area contributed by atoms with Crippen LogP contribution < -0.4 is 11.1 Å². The molecule has 2 heterocycles. The van der Waals surface area contributed by atoms with Gasteiger partial charge in [0, 0.05) is 6.61 Å². The third kappa shape index (κ3) is 2.37. The fourth-order valence-electron chi connectivity index (χ4n) is 2.35. The van der Waals surface area contributed by atoms with Crippen molar-refractivity contribution >= 4 is 27.0 Å². The molecular weight excluding hydrogens is 312 g/mol. The number of aromatic amines is 2. The van der Waals surface area contributed by atoms with Gasteiger partial charge in [0.15, 0.2) is 0 Å². The number of nitrogens with one attached hydrogen (secondary N) is 2. The molecule has 1 fully saturated rings. The molecule has 1 saturated heterocycles. The lowest BCUT2D eigenvalue weighted by molar-refractivity contribution is 0.110. The number of aromatic nitrogens is 2. The molecule has 2 N–H and O–H groups in total. The Morgan fingerprint density at radius 2 is 1.95 bits per heavy atom. The second kappa shape index (κ2) is 4.94. The van der Waals surface area contributed by atoms with Crippen molar-refractivity contribution < 1.29 is 4.74 Å². The van der Waals surface area contributed by atoms with E-state index in [1.54, 1.807) is 6.07 Å². The largest absolute Gasteiger partial charge is 0.377 e. The van der Waals surface area contributed by atoms with Crippen molar-refractivity contribution in [3.63, 3.8) is 0 Å². The van der Waals surface area contributed by atoms with Crippen molar-refractivity contribution in [1.82, 2.24) is 9.97 Å². The number of halogens is 1. The number of alkyl halides is 1. The maximum Gasteiger partial charge on any atom is 0.314 e. The first-order chi connectivity index (χ1) is 9.15. The molecule has 5 nitrogen and oxygen atoms in total. The zero-order valence-corrected chi connectivity index (χ0v) is 11.7. The lowest BCUT2D eigenvalue weighted by Crippen LogP contribution is -2.29. The van der Waals surface area contributed by atoms with E-state index in [9.17, 15) is 9.59 Å². The Kier molecular flexibility index (Phi) is 3.28. The van der Waals surface area contributed by atoms with E-state index in [1.807, 2.05) is 12.1 Å². The molecule has 1 aliphatic heterocycles. The highest BCUT2D eigenvalue weighted by Crippen LogP contribution is 2.34. The van der Waals surface area contributed by atoms with Crippen LogP contribution in [0.2, 0.25) is 0 Å². The summed E-state index contributed by atoms with van der Waals surface area (Å²) >= 11 is 3.64. The maximum atomic E-state index is 11.3. The molecule has 0 aliphatic carbocycles. The molecule has 6 heteroatoms. The van der Waals surface area contributed by atoms with E-state index < -0.39 is 11.1 Å². The van der Waals surface area contributed by atoms with Crippen molar-refractivity contribution in [2.75, 3.05) is 6.61 Å². The molecule has 1 aromatic carbocycles. The zero-order chi connectivity index (χ0) is 13.4. The molecule has 2 aromatic rings. The lowest BCUT2D eigenvalue weighted by atomic mass is 10.0. The smallest absolute Gasteiger partial charge is 0.314 e. The minimum atomic E-state index is -0.632. The summed E-state index contributed by atoms with van der Waals surface area (Å²) in [5.41, 5.74) is 1.02. The Morgan fingerprint density at radius 1 is 1.21 bits per heavy atom. The van der Waals surface area contributed by atoms with Crippen molar-refractivity contribution in [2.45, 2.75) is 23.8 Å². The molecule has 19 heavy (non-hydrogen) atoms. The van der Waals surface area contributed by atoms with Gasteiger partial charge in [-0.3, -0.25) is 9.59 Å². The van der Waals surface area contributed by atoms with E-state index in [0.29, 0.717) is 11.0 Å². The Hall–Kier alpha value is -1.40. The van der Waals surface area contributed by atoms with E-state index in [-0.39, 0.29) is 10.9 Å². The van der Waals surface area contributed by atoms with Gasteiger partial charge in [-0.15, -0.1) is 0 Å². The van der Waals surface area contributed by atoms with Crippen molar-refractivity contribution in [3.05, 3.63) is 44.5 Å². The minimum Gasteiger partial charge on any atom is -0.377 e. The van der Waals surface area contributed by atoms with Crippen molar-refractivity contribution in [2.24, 2.45) is 0 Å². The fraction of sp³-hybridized carbons (Fsp3) is 0.385. The molecule has 2 unspecified atom stereocenters. The van der Waals surface area contributed by atoms with Gasteiger partial charge in [0.05, 0.1) is 22.0 Å². The van der Waals surface area contributed by atoms with Gasteiger partial charge in [-0.05, 0) is 30.5 Å². The first-order valence-corrected chi connectivity index (χ1v) is 7.08. The Morgan fingerprint density at radius 3 is 2.63 bits per heavy atom. The van der Waals surface area contributed by atoms with Crippen LogP contribution in [0.1, 0.15) is 23.2 Å². The highest BCUT2D eigenvalue weighted by Gasteiger charge is 2.25. The maximum absolute atomic E-state index is 11.3. The number of hydrogen-bond acceptors (Lipinski definition) is 3. The van der Waals surface area contributed by atoms with Crippen LogP contribution in [0.3, 0.4) is 0 Å². The highest BCUT2D eigenvalue weighted by atomic mass is 79.9. The number of fused-ring (bicyclic) bond motifs is 1. The van der Waals surface area contributed by atoms with Crippen LogP contribution in [0.25, 0.3) is 11.0 Å². The van der Waals surface area contributed by atoms with Gasteiger partial charge >= 0.3 is 11.1 Å². The van der Waals surface area contributed by atoms with Gasteiger partial charge in [-0.1, -0.05) is 22.0 Å². The normalized spacial score (nSPS) is 20.8. The Balaban J connectivity index is 2.03. The third-order valence-corrected chi connectivity index (χ3v) is 4.47. The van der Waals surface area contributed by atoms with E-state index in [4.69, 9.17) is 4.74 Å². The zero-order valence-electron chi connectivity index (χ0n) is 10.1. The van der Waals surface area contributed by atoms with Gasteiger partial charge in [-0.2, -0.15) is 0 Å². The average Bonchev–Trinajstić information content (AvgIpc) is 2.93. The quantitative estimate of drug-likeness (QED) is 0.653. The summed E-state index contributed by atoms with van der Waals surface area (Å²) in [6.07, 6.45) is 2.26. The van der Waals surface area contributed by atoms with Crippen LogP contribution in [-0.2, 0) is 4.74 Å². The van der Waals surface area contributed by atoms with Gasteiger partial charge in [-0.25, -0.2) is 0 Å². The molecule has 0 amide bonds. The predicted molar refractivity (Wildman–Crippen MR) is 75.8 cm³/mol. The summed E-state index contributed by atoms with van der Waals surface area (Å²) in [5.74, 6) is 0. The topological polar surface area (TPSA) is 75.0 Å². The van der Waals surface area contributed by atoms with Crippen LogP contribution >= 0.6 is 15.9 Å². The van der Waals surface area contributed by atoms with Crippen LogP contribution in [0.15, 0.2) is 27.8 Å². The van der Waals surface area contributed by atoms with Crippen LogP contribution in [0.4, 0.5) is 0 Å². The second-order valence-corrected chi connectivity index (χ2v) is 5.65. The minimum absolute atomic E-state index is 0.0924. The summed E-state index contributed by atoms with van der Waals surface area (Å²) in [4.78, 5) is 27.8. The van der Waals surface area contributed by atoms with Gasteiger partial charge in [0.1, 0.15) is 0 Å². The first kappa shape index (κ1) is 12.6. The van der Waals surface area contributed by atoms with E-state index in [2.05, 4.69) is 25.9 Å². The van der Waals surface area contributed by atoms with Gasteiger partial charge in [0.25, 0.3) is 0 Å². The molecule has 0 saturated carbocycles. The number of hydrogen-bond donors (Lipinski definition) is 2. The second-order valence-electron chi connectivity index (χ2n) is 4.67. The van der Waals surface area contributed by atoms with Crippen LogP contribution in [-0.4, -0.2) is 22.7 Å². The van der Waals surface area contributed by atoms with Gasteiger partial charge < -0.3 is 14.7 Å². The summed E-state index contributed by atoms with van der Waals surface area (Å²) in [6, 6.07) is 5.59. The molecule has 100 valence electrons. The fourth-order valence-corrected chi connectivity index (χ4v) is 3.05. The van der Waals surface area contributed by atoms with E-state index in [0.717, 1.165) is 25.0 Å².